The Morgan fingerprint density at radius 2 is 2.05 bits per heavy atom. The molecule has 0 amide bonds. The van der Waals surface area contributed by atoms with Crippen LogP contribution in [0.3, 0.4) is 0 Å². The second kappa shape index (κ2) is 5.33. The third-order valence-electron chi connectivity index (χ3n) is 3.13. The molecule has 0 fully saturated rings. The minimum atomic E-state index is 0.702. The van der Waals surface area contributed by atoms with Crippen molar-refractivity contribution in [3.8, 4) is 11.4 Å². The first kappa shape index (κ1) is 12.7. The molecule has 1 N–H and O–H groups in total. The summed E-state index contributed by atoms with van der Waals surface area (Å²) in [6, 6.07) is 9.89. The second-order valence-corrected chi connectivity index (χ2v) is 4.79. The van der Waals surface area contributed by atoms with Crippen molar-refractivity contribution in [3.05, 3.63) is 42.3 Å². The quantitative estimate of drug-likeness (QED) is 0.775. The fraction of sp³-hybridized carbons (Fsp3) is 0.250. The van der Waals surface area contributed by atoms with Crippen molar-refractivity contribution in [2.45, 2.75) is 20.3 Å². The molecule has 0 saturated carbocycles. The van der Waals surface area contributed by atoms with Gasteiger partial charge >= 0.3 is 0 Å². The fourth-order valence-corrected chi connectivity index (χ4v) is 2.18. The van der Waals surface area contributed by atoms with Gasteiger partial charge in [0.1, 0.15) is 17.7 Å². The summed E-state index contributed by atoms with van der Waals surface area (Å²) >= 11 is 0. The molecule has 0 aliphatic heterocycles. The van der Waals surface area contributed by atoms with Gasteiger partial charge in [-0.1, -0.05) is 25.1 Å². The Kier molecular flexibility index (Phi) is 3.37. The van der Waals surface area contributed by atoms with E-state index in [1.807, 2.05) is 37.3 Å². The third-order valence-corrected chi connectivity index (χ3v) is 3.13. The smallest absolute Gasteiger partial charge is 0.165 e. The Morgan fingerprint density at radius 1 is 1.20 bits per heavy atom. The Morgan fingerprint density at radius 3 is 2.90 bits per heavy atom. The number of hydrogen-bond acceptors (Lipinski definition) is 4. The molecule has 2 aromatic heterocycles. The van der Waals surface area contributed by atoms with Crippen molar-refractivity contribution in [3.63, 3.8) is 0 Å². The number of aromatic nitrogens is 2. The lowest BCUT2D eigenvalue weighted by Gasteiger charge is -2.06. The lowest BCUT2D eigenvalue weighted by Crippen LogP contribution is -2.04. The van der Waals surface area contributed by atoms with Gasteiger partial charge in [0.15, 0.2) is 5.82 Å². The van der Waals surface area contributed by atoms with Crippen LogP contribution in [-0.2, 0) is 0 Å². The van der Waals surface area contributed by atoms with Crippen LogP contribution in [-0.4, -0.2) is 16.5 Å². The molecule has 20 heavy (non-hydrogen) atoms. The minimum Gasteiger partial charge on any atom is -0.464 e. The summed E-state index contributed by atoms with van der Waals surface area (Å²) < 4.78 is 5.56. The molecule has 102 valence electrons. The maximum absolute atomic E-state index is 5.56. The van der Waals surface area contributed by atoms with Crippen molar-refractivity contribution in [1.29, 1.82) is 0 Å². The predicted octanol–water partition coefficient (Wildman–Crippen LogP) is 4.02. The molecule has 1 aromatic carbocycles. The summed E-state index contributed by atoms with van der Waals surface area (Å²) in [4.78, 5) is 9.10. The summed E-state index contributed by atoms with van der Waals surface area (Å²) in [6.45, 7) is 5.01. The zero-order chi connectivity index (χ0) is 13.9. The fourth-order valence-electron chi connectivity index (χ4n) is 2.18. The molecule has 0 bridgehead atoms. The molecule has 0 spiro atoms. The van der Waals surface area contributed by atoms with Crippen LogP contribution in [0.5, 0.6) is 0 Å². The predicted molar refractivity (Wildman–Crippen MR) is 80.8 cm³/mol. The van der Waals surface area contributed by atoms with Crippen LogP contribution in [0.1, 0.15) is 19.0 Å². The maximum Gasteiger partial charge on any atom is 0.165 e. The van der Waals surface area contributed by atoms with Crippen molar-refractivity contribution < 1.29 is 4.42 Å². The summed E-state index contributed by atoms with van der Waals surface area (Å²) in [5.41, 5.74) is 2.73. The normalized spacial score (nSPS) is 10.9. The number of benzene rings is 1. The van der Waals surface area contributed by atoms with Gasteiger partial charge < -0.3 is 9.73 Å². The summed E-state index contributed by atoms with van der Waals surface area (Å²) in [5.74, 6) is 1.56. The van der Waals surface area contributed by atoms with Gasteiger partial charge in [-0.15, -0.1) is 0 Å². The first-order valence-corrected chi connectivity index (χ1v) is 6.84. The largest absolute Gasteiger partial charge is 0.464 e. The molecule has 0 saturated heterocycles. The summed E-state index contributed by atoms with van der Waals surface area (Å²) in [7, 11) is 0. The van der Waals surface area contributed by atoms with E-state index in [1.54, 1.807) is 6.26 Å². The van der Waals surface area contributed by atoms with Crippen LogP contribution in [0.25, 0.3) is 22.4 Å². The average molecular weight is 267 g/mol. The van der Waals surface area contributed by atoms with Gasteiger partial charge in [-0.3, -0.25) is 0 Å². The number of nitrogens with one attached hydrogen (secondary N) is 1. The van der Waals surface area contributed by atoms with Gasteiger partial charge in [0.25, 0.3) is 0 Å². The Hall–Kier alpha value is -2.36. The first-order chi connectivity index (χ1) is 9.78. The van der Waals surface area contributed by atoms with Gasteiger partial charge in [-0.05, 0) is 19.4 Å². The van der Waals surface area contributed by atoms with Gasteiger partial charge in [0.2, 0.25) is 0 Å². The first-order valence-electron chi connectivity index (χ1n) is 6.84. The van der Waals surface area contributed by atoms with Gasteiger partial charge in [-0.25, -0.2) is 9.97 Å². The van der Waals surface area contributed by atoms with E-state index in [0.717, 1.165) is 41.0 Å². The molecule has 0 aliphatic carbocycles. The number of anilines is 1. The van der Waals surface area contributed by atoms with Crippen LogP contribution in [0.4, 0.5) is 5.82 Å². The summed E-state index contributed by atoms with van der Waals surface area (Å²) in [5, 5.41) is 4.35. The number of aryl methyl sites for hydroxylation is 1. The third kappa shape index (κ3) is 2.37. The average Bonchev–Trinajstić information content (AvgIpc) is 2.88. The van der Waals surface area contributed by atoms with Gasteiger partial charge in [-0.2, -0.15) is 0 Å². The van der Waals surface area contributed by atoms with Crippen LogP contribution in [0.2, 0.25) is 0 Å². The number of nitrogens with zero attached hydrogens (tertiary/aromatic N) is 2. The van der Waals surface area contributed by atoms with Crippen LogP contribution >= 0.6 is 0 Å². The maximum atomic E-state index is 5.56. The van der Waals surface area contributed by atoms with Crippen LogP contribution in [0.15, 0.2) is 41.0 Å². The molecule has 0 unspecified atom stereocenters. The molecule has 3 rings (SSSR count). The molecule has 0 atom stereocenters. The van der Waals surface area contributed by atoms with E-state index in [2.05, 4.69) is 22.2 Å². The molecule has 3 aromatic rings. The highest BCUT2D eigenvalue weighted by molar-refractivity contribution is 5.92. The van der Waals surface area contributed by atoms with Crippen molar-refractivity contribution in [2.75, 3.05) is 11.9 Å². The zero-order valence-electron chi connectivity index (χ0n) is 11.7. The number of fused-ring (bicyclic) bond motifs is 1. The molecule has 0 aliphatic rings. The van der Waals surface area contributed by atoms with E-state index < -0.39 is 0 Å². The number of rotatable bonds is 4. The number of furan rings is 1. The topological polar surface area (TPSA) is 51.0 Å². The number of para-hydroxylation sites is 1. The molecular formula is C16H17N3O. The van der Waals surface area contributed by atoms with Gasteiger partial charge in [0.05, 0.1) is 5.56 Å². The summed E-state index contributed by atoms with van der Waals surface area (Å²) in [6.07, 6.45) is 2.79. The number of hydrogen-bond donors (Lipinski definition) is 1. The highest BCUT2D eigenvalue weighted by Crippen LogP contribution is 2.28. The Bertz CT molecular complexity index is 733. The highest BCUT2D eigenvalue weighted by atomic mass is 16.3. The van der Waals surface area contributed by atoms with E-state index in [-0.39, 0.29) is 0 Å². The lowest BCUT2D eigenvalue weighted by atomic mass is 10.1. The van der Waals surface area contributed by atoms with E-state index >= 15 is 0 Å². The van der Waals surface area contributed by atoms with E-state index in [4.69, 9.17) is 4.42 Å². The molecule has 4 heteroatoms. The SMILES string of the molecule is CCCNc1cc(C)nc(-c2coc3ccccc23)n1. The minimum absolute atomic E-state index is 0.702. The van der Waals surface area contributed by atoms with Crippen molar-refractivity contribution in [1.82, 2.24) is 9.97 Å². The van der Waals surface area contributed by atoms with E-state index in [1.165, 1.54) is 0 Å². The van der Waals surface area contributed by atoms with Crippen molar-refractivity contribution >= 4 is 16.8 Å². The molecule has 0 radical (unpaired) electrons. The standard InChI is InChI=1S/C16H17N3O/c1-3-8-17-15-9-11(2)18-16(19-15)13-10-20-14-7-5-4-6-12(13)14/h4-7,9-10H,3,8H2,1-2H3,(H,17,18,19). The van der Waals surface area contributed by atoms with E-state index in [0.29, 0.717) is 5.82 Å². The molecular weight excluding hydrogens is 250 g/mol. The van der Waals surface area contributed by atoms with Crippen LogP contribution < -0.4 is 5.32 Å². The lowest BCUT2D eigenvalue weighted by molar-refractivity contribution is 0.616. The van der Waals surface area contributed by atoms with Crippen molar-refractivity contribution in [2.24, 2.45) is 0 Å². The molecule has 4 nitrogen and oxygen atoms in total. The highest BCUT2D eigenvalue weighted by Gasteiger charge is 2.11. The monoisotopic (exact) mass is 267 g/mol. The van der Waals surface area contributed by atoms with E-state index in [9.17, 15) is 0 Å². The van der Waals surface area contributed by atoms with Gasteiger partial charge in [0, 0.05) is 23.7 Å². The molecule has 2 heterocycles. The zero-order valence-corrected chi connectivity index (χ0v) is 11.7. The Balaban J connectivity index is 2.07. The Labute approximate surface area is 117 Å². The second-order valence-electron chi connectivity index (χ2n) is 4.79. The van der Waals surface area contributed by atoms with Crippen LogP contribution in [0, 0.1) is 6.92 Å².